The number of aromatic amines is 1. The first-order valence-electron chi connectivity index (χ1n) is 9.31. The van der Waals surface area contributed by atoms with Crippen LogP contribution in [0.4, 0.5) is 0 Å². The maximum Gasteiger partial charge on any atom is 0.307 e. The molecule has 0 aliphatic carbocycles. The molecule has 2 N–H and O–H groups in total. The smallest absolute Gasteiger partial charge is 0.307 e. The Balaban J connectivity index is 1.64. The molecule has 0 aliphatic rings. The number of hydrogen-bond acceptors (Lipinski definition) is 3. The van der Waals surface area contributed by atoms with Gasteiger partial charge in [0.1, 0.15) is 18.1 Å². The second-order valence-electron chi connectivity index (χ2n) is 6.76. The zero-order valence-corrected chi connectivity index (χ0v) is 16.0. The number of methoxy groups -OCH3 is 1. The number of rotatable bonds is 7. The lowest BCUT2D eigenvalue weighted by Crippen LogP contribution is -2.01. The normalized spacial score (nSPS) is 10.8. The molecule has 5 heteroatoms. The maximum atomic E-state index is 11.5. The molecule has 3 aromatic carbocycles. The lowest BCUT2D eigenvalue weighted by Gasteiger charge is -2.08. The van der Waals surface area contributed by atoms with E-state index in [2.05, 4.69) is 4.98 Å². The van der Waals surface area contributed by atoms with E-state index in [1.807, 2.05) is 72.8 Å². The highest BCUT2D eigenvalue weighted by Crippen LogP contribution is 2.33. The number of fused-ring (bicyclic) bond motifs is 1. The first-order chi connectivity index (χ1) is 14.1. The number of hydrogen-bond donors (Lipinski definition) is 2. The van der Waals surface area contributed by atoms with Gasteiger partial charge in [-0.3, -0.25) is 4.79 Å². The zero-order valence-electron chi connectivity index (χ0n) is 16.0. The van der Waals surface area contributed by atoms with E-state index in [9.17, 15) is 9.90 Å². The van der Waals surface area contributed by atoms with Crippen LogP contribution in [0, 0.1) is 0 Å². The summed E-state index contributed by atoms with van der Waals surface area (Å²) in [6.07, 6.45) is -0.0746. The molecule has 0 bridgehead atoms. The molecule has 29 heavy (non-hydrogen) atoms. The van der Waals surface area contributed by atoms with Gasteiger partial charge in [0.2, 0.25) is 0 Å². The van der Waals surface area contributed by atoms with Crippen molar-refractivity contribution in [2.45, 2.75) is 13.0 Å². The van der Waals surface area contributed by atoms with Crippen LogP contribution in [0.3, 0.4) is 0 Å². The summed E-state index contributed by atoms with van der Waals surface area (Å²) in [4.78, 5) is 14.8. The Kier molecular flexibility index (Phi) is 5.20. The number of carboxylic acids is 1. The summed E-state index contributed by atoms with van der Waals surface area (Å²) in [5, 5.41) is 10.3. The Morgan fingerprint density at radius 1 is 0.966 bits per heavy atom. The van der Waals surface area contributed by atoms with Crippen molar-refractivity contribution in [3.63, 3.8) is 0 Å². The fraction of sp³-hybridized carbons (Fsp3) is 0.125. The lowest BCUT2D eigenvalue weighted by molar-refractivity contribution is -0.136. The van der Waals surface area contributed by atoms with E-state index < -0.39 is 5.97 Å². The van der Waals surface area contributed by atoms with Crippen LogP contribution >= 0.6 is 0 Å². The Labute approximate surface area is 168 Å². The van der Waals surface area contributed by atoms with E-state index >= 15 is 0 Å². The number of aromatic nitrogens is 1. The van der Waals surface area contributed by atoms with Crippen LogP contribution in [0.5, 0.6) is 11.5 Å². The topological polar surface area (TPSA) is 71.5 Å². The van der Waals surface area contributed by atoms with Gasteiger partial charge in [-0.05, 0) is 59.2 Å². The molecule has 0 fully saturated rings. The molecule has 0 spiro atoms. The predicted molar refractivity (Wildman–Crippen MR) is 112 cm³/mol. The third-order valence-electron chi connectivity index (χ3n) is 4.83. The summed E-state index contributed by atoms with van der Waals surface area (Å²) in [7, 11) is 1.60. The molecule has 0 unspecified atom stereocenters. The number of aliphatic carboxylic acids is 1. The highest BCUT2D eigenvalue weighted by atomic mass is 16.5. The van der Waals surface area contributed by atoms with E-state index in [0.717, 1.165) is 39.0 Å². The molecule has 0 saturated carbocycles. The van der Waals surface area contributed by atoms with Crippen LogP contribution in [0.15, 0.2) is 72.8 Å². The number of carbonyl (C=O) groups is 1. The maximum absolute atomic E-state index is 11.5. The van der Waals surface area contributed by atoms with E-state index in [0.29, 0.717) is 12.4 Å². The van der Waals surface area contributed by atoms with Gasteiger partial charge in [-0.15, -0.1) is 0 Å². The number of benzene rings is 3. The van der Waals surface area contributed by atoms with Crippen molar-refractivity contribution in [2.24, 2.45) is 0 Å². The van der Waals surface area contributed by atoms with Crippen LogP contribution in [0.2, 0.25) is 0 Å². The fourth-order valence-corrected chi connectivity index (χ4v) is 3.39. The standard InChI is InChI=1S/C24H21NO4/c1-28-19-11-12-22-20(13-19)21(14-23(26)27)24(25-22)17-7-9-18(10-8-17)29-15-16-5-3-2-4-6-16/h2-13,25H,14-15H2,1H3,(H,26,27). The Morgan fingerprint density at radius 2 is 1.69 bits per heavy atom. The molecule has 0 atom stereocenters. The van der Waals surface area contributed by atoms with Crippen molar-refractivity contribution in [1.29, 1.82) is 0 Å². The van der Waals surface area contributed by atoms with Gasteiger partial charge in [0, 0.05) is 10.9 Å². The van der Waals surface area contributed by atoms with E-state index in [-0.39, 0.29) is 6.42 Å². The van der Waals surface area contributed by atoms with Gasteiger partial charge in [-0.25, -0.2) is 0 Å². The zero-order chi connectivity index (χ0) is 20.2. The fourth-order valence-electron chi connectivity index (χ4n) is 3.39. The van der Waals surface area contributed by atoms with Crippen LogP contribution < -0.4 is 9.47 Å². The average Bonchev–Trinajstić information content (AvgIpc) is 3.10. The third kappa shape index (κ3) is 4.09. The van der Waals surface area contributed by atoms with Gasteiger partial charge >= 0.3 is 5.97 Å². The van der Waals surface area contributed by atoms with Gasteiger partial charge < -0.3 is 19.6 Å². The largest absolute Gasteiger partial charge is 0.497 e. The SMILES string of the molecule is COc1ccc2[nH]c(-c3ccc(OCc4ccccc4)cc3)c(CC(=O)O)c2c1. The summed E-state index contributed by atoms with van der Waals surface area (Å²) in [6.45, 7) is 0.497. The minimum Gasteiger partial charge on any atom is -0.497 e. The monoisotopic (exact) mass is 387 g/mol. The van der Waals surface area contributed by atoms with Gasteiger partial charge in [-0.2, -0.15) is 0 Å². The summed E-state index contributed by atoms with van der Waals surface area (Å²) in [5.41, 5.74) is 4.42. The minimum absolute atomic E-state index is 0.0746. The molecule has 4 aromatic rings. The van der Waals surface area contributed by atoms with Crippen molar-refractivity contribution < 1.29 is 19.4 Å². The lowest BCUT2D eigenvalue weighted by atomic mass is 10.0. The number of nitrogens with one attached hydrogen (secondary N) is 1. The van der Waals surface area contributed by atoms with Gasteiger partial charge in [-0.1, -0.05) is 30.3 Å². The molecule has 0 amide bonds. The van der Waals surface area contributed by atoms with Crippen molar-refractivity contribution in [3.05, 3.63) is 83.9 Å². The van der Waals surface area contributed by atoms with Crippen LogP contribution in [0.25, 0.3) is 22.2 Å². The van der Waals surface area contributed by atoms with Crippen molar-refractivity contribution in [3.8, 4) is 22.8 Å². The summed E-state index contributed by atoms with van der Waals surface area (Å²) in [6, 6.07) is 23.3. The number of ether oxygens (including phenoxy) is 2. The Bertz CT molecular complexity index is 1130. The second kappa shape index (κ2) is 8.10. The second-order valence-corrected chi connectivity index (χ2v) is 6.76. The Morgan fingerprint density at radius 3 is 2.38 bits per heavy atom. The summed E-state index contributed by atoms with van der Waals surface area (Å²) < 4.78 is 11.1. The molecule has 0 saturated heterocycles. The molecule has 1 aromatic heterocycles. The van der Waals surface area contributed by atoms with Gasteiger partial charge in [0.15, 0.2) is 0 Å². The van der Waals surface area contributed by atoms with E-state index in [1.165, 1.54) is 0 Å². The predicted octanol–water partition coefficient (Wildman–Crippen LogP) is 5.05. The molecule has 4 rings (SSSR count). The van der Waals surface area contributed by atoms with Crippen LogP contribution in [-0.4, -0.2) is 23.2 Å². The molecule has 5 nitrogen and oxygen atoms in total. The minimum atomic E-state index is -0.877. The number of H-pyrrole nitrogens is 1. The highest BCUT2D eigenvalue weighted by molar-refractivity contribution is 5.94. The third-order valence-corrected chi connectivity index (χ3v) is 4.83. The molecular weight excluding hydrogens is 366 g/mol. The summed E-state index contributed by atoms with van der Waals surface area (Å²) in [5.74, 6) is 0.576. The highest BCUT2D eigenvalue weighted by Gasteiger charge is 2.16. The van der Waals surface area contributed by atoms with Crippen LogP contribution in [0.1, 0.15) is 11.1 Å². The molecular formula is C24H21NO4. The molecule has 1 heterocycles. The van der Waals surface area contributed by atoms with Crippen molar-refractivity contribution >= 4 is 16.9 Å². The van der Waals surface area contributed by atoms with Gasteiger partial charge in [0.25, 0.3) is 0 Å². The van der Waals surface area contributed by atoms with Crippen molar-refractivity contribution in [1.82, 2.24) is 4.98 Å². The van der Waals surface area contributed by atoms with E-state index in [4.69, 9.17) is 9.47 Å². The first-order valence-corrected chi connectivity index (χ1v) is 9.31. The molecule has 146 valence electrons. The Hall–Kier alpha value is -3.73. The summed E-state index contributed by atoms with van der Waals surface area (Å²) >= 11 is 0. The van der Waals surface area contributed by atoms with E-state index in [1.54, 1.807) is 7.11 Å². The van der Waals surface area contributed by atoms with Crippen LogP contribution in [-0.2, 0) is 17.8 Å². The average molecular weight is 387 g/mol. The first kappa shape index (κ1) is 18.6. The quantitative estimate of drug-likeness (QED) is 0.465. The number of carboxylic acid groups (broad SMARTS) is 1. The van der Waals surface area contributed by atoms with Gasteiger partial charge in [0.05, 0.1) is 19.2 Å². The van der Waals surface area contributed by atoms with Crippen molar-refractivity contribution in [2.75, 3.05) is 7.11 Å². The molecule has 0 radical (unpaired) electrons. The molecule has 0 aliphatic heterocycles.